The van der Waals surface area contributed by atoms with Gasteiger partial charge in [-0.2, -0.15) is 0 Å². The maximum absolute atomic E-state index is 9.10. The molecule has 2 atom stereocenters. The topological polar surface area (TPSA) is 35.5 Å². The fourth-order valence-electron chi connectivity index (χ4n) is 2.30. The largest absolute Gasteiger partial charge is 0.392 e. The van der Waals surface area contributed by atoms with Crippen LogP contribution in [-0.2, 0) is 0 Å². The van der Waals surface area contributed by atoms with Gasteiger partial charge in [0.2, 0.25) is 0 Å². The highest BCUT2D eigenvalue weighted by Gasteiger charge is 2.33. The summed E-state index contributed by atoms with van der Waals surface area (Å²) < 4.78 is 0. The molecule has 0 radical (unpaired) electrons. The summed E-state index contributed by atoms with van der Waals surface area (Å²) >= 11 is 0. The van der Waals surface area contributed by atoms with Crippen molar-refractivity contribution in [2.75, 3.05) is 26.2 Å². The third-order valence-corrected chi connectivity index (χ3v) is 3.25. The van der Waals surface area contributed by atoms with E-state index in [4.69, 9.17) is 5.11 Å². The number of hydrogen-bond donors (Lipinski definition) is 2. The van der Waals surface area contributed by atoms with Crippen molar-refractivity contribution in [1.29, 1.82) is 0 Å². The van der Waals surface area contributed by atoms with Crippen molar-refractivity contribution in [1.82, 2.24) is 10.2 Å². The van der Waals surface area contributed by atoms with Crippen LogP contribution in [0, 0.1) is 5.92 Å². The van der Waals surface area contributed by atoms with Crippen molar-refractivity contribution in [2.24, 2.45) is 5.92 Å². The predicted molar refractivity (Wildman–Crippen MR) is 57.3 cm³/mol. The first-order valence-corrected chi connectivity index (χ1v) is 5.88. The van der Waals surface area contributed by atoms with Crippen molar-refractivity contribution in [3.8, 4) is 0 Å². The van der Waals surface area contributed by atoms with Gasteiger partial charge in [0.25, 0.3) is 0 Å². The van der Waals surface area contributed by atoms with E-state index in [-0.39, 0.29) is 6.10 Å². The molecule has 0 amide bonds. The summed E-state index contributed by atoms with van der Waals surface area (Å²) in [6.45, 7) is 6.22. The molecule has 3 heteroatoms. The van der Waals surface area contributed by atoms with Crippen molar-refractivity contribution >= 4 is 0 Å². The minimum atomic E-state index is -0.212. The molecule has 1 saturated carbocycles. The van der Waals surface area contributed by atoms with E-state index in [1.807, 2.05) is 6.92 Å². The lowest BCUT2D eigenvalue weighted by molar-refractivity contribution is 0.189. The molecule has 1 aliphatic carbocycles. The lowest BCUT2D eigenvalue weighted by Gasteiger charge is -2.15. The zero-order valence-corrected chi connectivity index (χ0v) is 9.08. The number of aliphatic hydroxyl groups is 1. The number of nitrogens with zero attached hydrogens (tertiary/aromatic N) is 1. The highest BCUT2D eigenvalue weighted by atomic mass is 16.3. The summed E-state index contributed by atoms with van der Waals surface area (Å²) in [6.07, 6.45) is 3.97. The van der Waals surface area contributed by atoms with E-state index in [0.29, 0.717) is 0 Å². The van der Waals surface area contributed by atoms with Crippen LogP contribution in [0.25, 0.3) is 0 Å². The number of rotatable bonds is 5. The summed E-state index contributed by atoms with van der Waals surface area (Å²) in [4.78, 5) is 2.63. The molecule has 1 saturated heterocycles. The molecule has 1 unspecified atom stereocenters. The minimum Gasteiger partial charge on any atom is -0.392 e. The SMILES string of the molecule is C[C@@H](O)CNCC1CCN(C2CC2)C1. The average Bonchev–Trinajstić information content (AvgIpc) is 2.87. The molecule has 2 N–H and O–H groups in total. The van der Waals surface area contributed by atoms with Gasteiger partial charge in [-0.3, -0.25) is 0 Å². The predicted octanol–water partition coefficient (Wildman–Crippen LogP) is 0.441. The zero-order valence-electron chi connectivity index (χ0n) is 9.08. The summed E-state index contributed by atoms with van der Waals surface area (Å²) in [7, 11) is 0. The Balaban J connectivity index is 1.58. The van der Waals surface area contributed by atoms with Gasteiger partial charge in [-0.1, -0.05) is 0 Å². The van der Waals surface area contributed by atoms with Crippen LogP contribution < -0.4 is 5.32 Å². The van der Waals surface area contributed by atoms with Gasteiger partial charge in [-0.05, 0) is 45.2 Å². The van der Waals surface area contributed by atoms with Crippen molar-refractivity contribution in [2.45, 2.75) is 38.3 Å². The Morgan fingerprint density at radius 2 is 2.21 bits per heavy atom. The molecule has 1 aliphatic heterocycles. The van der Waals surface area contributed by atoms with Crippen molar-refractivity contribution in [3.05, 3.63) is 0 Å². The van der Waals surface area contributed by atoms with E-state index in [0.717, 1.165) is 25.0 Å². The second-order valence-corrected chi connectivity index (χ2v) is 4.89. The lowest BCUT2D eigenvalue weighted by Crippen LogP contribution is -2.31. The molecule has 2 rings (SSSR count). The van der Waals surface area contributed by atoms with Gasteiger partial charge in [0, 0.05) is 19.1 Å². The third kappa shape index (κ3) is 2.94. The summed E-state index contributed by atoms with van der Waals surface area (Å²) in [6, 6.07) is 0.928. The second-order valence-electron chi connectivity index (χ2n) is 4.89. The molecule has 0 aromatic heterocycles. The number of aliphatic hydroxyl groups excluding tert-OH is 1. The van der Waals surface area contributed by atoms with Crippen LogP contribution in [0.15, 0.2) is 0 Å². The highest BCUT2D eigenvalue weighted by molar-refractivity contribution is 4.89. The molecule has 2 aliphatic rings. The van der Waals surface area contributed by atoms with Crippen LogP contribution in [0.3, 0.4) is 0 Å². The first-order chi connectivity index (χ1) is 6.75. The van der Waals surface area contributed by atoms with Crippen LogP contribution >= 0.6 is 0 Å². The van der Waals surface area contributed by atoms with Gasteiger partial charge in [-0.15, -0.1) is 0 Å². The van der Waals surface area contributed by atoms with Crippen molar-refractivity contribution < 1.29 is 5.11 Å². The Labute approximate surface area is 86.5 Å². The Bertz CT molecular complexity index is 180. The molecule has 0 aromatic carbocycles. The molecular formula is C11H22N2O. The van der Waals surface area contributed by atoms with Gasteiger partial charge >= 0.3 is 0 Å². The van der Waals surface area contributed by atoms with Gasteiger partial charge < -0.3 is 15.3 Å². The Kier molecular flexibility index (Phi) is 3.42. The van der Waals surface area contributed by atoms with E-state index >= 15 is 0 Å². The van der Waals surface area contributed by atoms with Gasteiger partial charge in [0.05, 0.1) is 6.10 Å². The van der Waals surface area contributed by atoms with Gasteiger partial charge in [-0.25, -0.2) is 0 Å². The quantitative estimate of drug-likeness (QED) is 0.673. The normalized spacial score (nSPS) is 30.9. The maximum atomic E-state index is 9.10. The standard InChI is InChI=1S/C11H22N2O/c1-9(14)6-12-7-10-4-5-13(8-10)11-2-3-11/h9-12,14H,2-8H2,1H3/t9-,10?/m1/s1. The molecule has 2 fully saturated rings. The Hall–Kier alpha value is -0.120. The molecule has 1 heterocycles. The van der Waals surface area contributed by atoms with Crippen LogP contribution in [0.1, 0.15) is 26.2 Å². The number of likely N-dealkylation sites (tertiary alicyclic amines) is 1. The third-order valence-electron chi connectivity index (χ3n) is 3.25. The minimum absolute atomic E-state index is 0.212. The lowest BCUT2D eigenvalue weighted by atomic mass is 10.1. The van der Waals surface area contributed by atoms with Gasteiger partial charge in [0.1, 0.15) is 0 Å². The summed E-state index contributed by atoms with van der Waals surface area (Å²) in [5.41, 5.74) is 0. The average molecular weight is 198 g/mol. The molecule has 3 nitrogen and oxygen atoms in total. The molecule has 14 heavy (non-hydrogen) atoms. The van der Waals surface area contributed by atoms with Crippen LogP contribution in [-0.4, -0.2) is 48.3 Å². The van der Waals surface area contributed by atoms with Crippen LogP contribution in [0.4, 0.5) is 0 Å². The molecule has 0 bridgehead atoms. The zero-order chi connectivity index (χ0) is 9.97. The monoisotopic (exact) mass is 198 g/mol. The Morgan fingerprint density at radius 3 is 2.86 bits per heavy atom. The maximum Gasteiger partial charge on any atom is 0.0636 e. The first kappa shape index (κ1) is 10.4. The second kappa shape index (κ2) is 4.60. The fourth-order valence-corrected chi connectivity index (χ4v) is 2.30. The number of nitrogens with one attached hydrogen (secondary N) is 1. The smallest absolute Gasteiger partial charge is 0.0636 e. The van der Waals surface area contributed by atoms with E-state index in [1.165, 1.54) is 32.4 Å². The summed E-state index contributed by atoms with van der Waals surface area (Å²) in [5.74, 6) is 0.814. The van der Waals surface area contributed by atoms with E-state index < -0.39 is 0 Å². The van der Waals surface area contributed by atoms with E-state index in [9.17, 15) is 0 Å². The van der Waals surface area contributed by atoms with Gasteiger partial charge in [0.15, 0.2) is 0 Å². The Morgan fingerprint density at radius 1 is 1.43 bits per heavy atom. The molecular weight excluding hydrogens is 176 g/mol. The van der Waals surface area contributed by atoms with Crippen molar-refractivity contribution in [3.63, 3.8) is 0 Å². The van der Waals surface area contributed by atoms with E-state index in [2.05, 4.69) is 10.2 Å². The molecule has 82 valence electrons. The summed E-state index contributed by atoms with van der Waals surface area (Å²) in [5, 5.41) is 12.4. The van der Waals surface area contributed by atoms with Crippen LogP contribution in [0.2, 0.25) is 0 Å². The highest BCUT2D eigenvalue weighted by Crippen LogP contribution is 2.31. The molecule has 0 aromatic rings. The molecule has 0 spiro atoms. The van der Waals surface area contributed by atoms with Crippen LogP contribution in [0.5, 0.6) is 0 Å². The number of hydrogen-bond acceptors (Lipinski definition) is 3. The fraction of sp³-hybridized carbons (Fsp3) is 1.00. The van der Waals surface area contributed by atoms with E-state index in [1.54, 1.807) is 0 Å². The first-order valence-electron chi connectivity index (χ1n) is 5.88.